The number of Topliss-reactive ketones (excluding diaryl/α,β-unsaturated/α-hetero) is 1. The fourth-order valence-electron chi connectivity index (χ4n) is 2.03. The lowest BCUT2D eigenvalue weighted by Gasteiger charge is -2.39. The van der Waals surface area contributed by atoms with Crippen molar-refractivity contribution in [2.75, 3.05) is 24.3 Å². The van der Waals surface area contributed by atoms with Gasteiger partial charge >= 0.3 is 0 Å². The zero-order valence-electron chi connectivity index (χ0n) is 8.03. The van der Waals surface area contributed by atoms with E-state index in [0.29, 0.717) is 11.8 Å². The number of ketones is 1. The van der Waals surface area contributed by atoms with Crippen LogP contribution in [0.4, 0.5) is 0 Å². The zero-order chi connectivity index (χ0) is 9.42. The van der Waals surface area contributed by atoms with Crippen molar-refractivity contribution < 1.29 is 4.79 Å². The fraction of sp³-hybridized carbons (Fsp3) is 0.889. The number of hydrogen-bond donors (Lipinski definition) is 0. The first-order valence-corrected chi connectivity index (χ1v) is 6.82. The van der Waals surface area contributed by atoms with Gasteiger partial charge in [0, 0.05) is 28.6 Å². The van der Waals surface area contributed by atoms with Crippen molar-refractivity contribution in [3.63, 3.8) is 0 Å². The van der Waals surface area contributed by atoms with Gasteiger partial charge in [0.25, 0.3) is 0 Å². The SMILES string of the molecule is CC(=O)C1CSC2CSCC2N1C. The highest BCUT2D eigenvalue weighted by molar-refractivity contribution is 8.04. The first-order chi connectivity index (χ1) is 6.20. The molecule has 3 unspecified atom stereocenters. The highest BCUT2D eigenvalue weighted by Gasteiger charge is 2.40. The Labute approximate surface area is 87.8 Å². The van der Waals surface area contributed by atoms with E-state index in [1.807, 2.05) is 23.5 Å². The van der Waals surface area contributed by atoms with Crippen LogP contribution in [-0.4, -0.2) is 52.3 Å². The van der Waals surface area contributed by atoms with Crippen LogP contribution in [0.5, 0.6) is 0 Å². The number of hydrogen-bond acceptors (Lipinski definition) is 4. The van der Waals surface area contributed by atoms with Crippen LogP contribution < -0.4 is 0 Å². The van der Waals surface area contributed by atoms with Gasteiger partial charge in [0.15, 0.2) is 0 Å². The average Bonchev–Trinajstić information content (AvgIpc) is 2.52. The van der Waals surface area contributed by atoms with Crippen LogP contribution >= 0.6 is 23.5 Å². The number of thioether (sulfide) groups is 2. The van der Waals surface area contributed by atoms with E-state index in [-0.39, 0.29) is 6.04 Å². The van der Waals surface area contributed by atoms with Crippen molar-refractivity contribution >= 4 is 29.3 Å². The second kappa shape index (κ2) is 3.83. The van der Waals surface area contributed by atoms with Crippen LogP contribution in [0.3, 0.4) is 0 Å². The first kappa shape index (κ1) is 9.87. The Morgan fingerprint density at radius 2 is 2.15 bits per heavy atom. The molecule has 0 bridgehead atoms. The van der Waals surface area contributed by atoms with Crippen molar-refractivity contribution in [3.8, 4) is 0 Å². The smallest absolute Gasteiger partial charge is 0.147 e. The molecule has 2 fully saturated rings. The zero-order valence-corrected chi connectivity index (χ0v) is 9.66. The molecule has 2 aliphatic rings. The Hall–Kier alpha value is 0.330. The molecule has 0 radical (unpaired) electrons. The van der Waals surface area contributed by atoms with Crippen LogP contribution in [0.15, 0.2) is 0 Å². The minimum atomic E-state index is 0.171. The van der Waals surface area contributed by atoms with E-state index in [0.717, 1.165) is 11.0 Å². The van der Waals surface area contributed by atoms with E-state index < -0.39 is 0 Å². The van der Waals surface area contributed by atoms with E-state index in [1.54, 1.807) is 6.92 Å². The third kappa shape index (κ3) is 1.76. The number of carbonyl (C=O) groups excluding carboxylic acids is 1. The molecule has 0 aromatic heterocycles. The molecule has 2 aliphatic heterocycles. The van der Waals surface area contributed by atoms with Crippen LogP contribution in [0.2, 0.25) is 0 Å². The van der Waals surface area contributed by atoms with Crippen LogP contribution in [0, 0.1) is 0 Å². The van der Waals surface area contributed by atoms with Gasteiger partial charge in [0.1, 0.15) is 5.78 Å². The number of carbonyl (C=O) groups is 1. The summed E-state index contributed by atoms with van der Waals surface area (Å²) in [6.45, 7) is 1.71. The second-order valence-corrected chi connectivity index (χ2v) is 6.12. The molecule has 0 spiro atoms. The molecular weight excluding hydrogens is 202 g/mol. The summed E-state index contributed by atoms with van der Waals surface area (Å²) in [7, 11) is 2.11. The number of likely N-dealkylation sites (N-methyl/N-ethyl adjacent to an activating group) is 1. The molecule has 0 amide bonds. The Morgan fingerprint density at radius 3 is 2.85 bits per heavy atom. The van der Waals surface area contributed by atoms with E-state index in [4.69, 9.17) is 0 Å². The average molecular weight is 217 g/mol. The van der Waals surface area contributed by atoms with Gasteiger partial charge in [-0.3, -0.25) is 9.69 Å². The Kier molecular flexibility index (Phi) is 2.91. The number of rotatable bonds is 1. The number of nitrogens with zero attached hydrogens (tertiary/aromatic N) is 1. The summed E-state index contributed by atoms with van der Waals surface area (Å²) in [5, 5.41) is 0.769. The molecule has 2 nitrogen and oxygen atoms in total. The molecular formula is C9H15NOS2. The van der Waals surface area contributed by atoms with E-state index >= 15 is 0 Å². The quantitative estimate of drug-likeness (QED) is 0.655. The summed E-state index contributed by atoms with van der Waals surface area (Å²) < 4.78 is 0. The molecule has 0 saturated carbocycles. The predicted molar refractivity (Wildman–Crippen MR) is 59.6 cm³/mol. The van der Waals surface area contributed by atoms with Gasteiger partial charge in [-0.15, -0.1) is 0 Å². The molecule has 2 rings (SSSR count). The lowest BCUT2D eigenvalue weighted by atomic mass is 10.1. The Balaban J connectivity index is 2.08. The number of fused-ring (bicyclic) bond motifs is 1. The summed E-state index contributed by atoms with van der Waals surface area (Å²) in [6.07, 6.45) is 0. The fourth-order valence-corrected chi connectivity index (χ4v) is 5.53. The van der Waals surface area contributed by atoms with Gasteiger partial charge in [-0.2, -0.15) is 23.5 Å². The Morgan fingerprint density at radius 1 is 1.38 bits per heavy atom. The van der Waals surface area contributed by atoms with Gasteiger partial charge in [0.2, 0.25) is 0 Å². The molecule has 13 heavy (non-hydrogen) atoms. The third-order valence-electron chi connectivity index (χ3n) is 2.95. The van der Waals surface area contributed by atoms with E-state index in [1.165, 1.54) is 11.5 Å². The van der Waals surface area contributed by atoms with Crippen molar-refractivity contribution in [3.05, 3.63) is 0 Å². The van der Waals surface area contributed by atoms with Crippen LogP contribution in [0.25, 0.3) is 0 Å². The molecule has 0 N–H and O–H groups in total. The topological polar surface area (TPSA) is 20.3 Å². The van der Waals surface area contributed by atoms with Gasteiger partial charge < -0.3 is 0 Å². The van der Waals surface area contributed by atoms with Crippen molar-refractivity contribution in [1.82, 2.24) is 4.90 Å². The van der Waals surface area contributed by atoms with Gasteiger partial charge in [0.05, 0.1) is 6.04 Å². The molecule has 0 aromatic rings. The molecule has 0 aliphatic carbocycles. The molecule has 3 atom stereocenters. The monoisotopic (exact) mass is 217 g/mol. The van der Waals surface area contributed by atoms with Crippen molar-refractivity contribution in [1.29, 1.82) is 0 Å². The van der Waals surface area contributed by atoms with Crippen LogP contribution in [-0.2, 0) is 4.79 Å². The first-order valence-electron chi connectivity index (χ1n) is 4.62. The molecule has 0 aromatic carbocycles. The van der Waals surface area contributed by atoms with Crippen molar-refractivity contribution in [2.24, 2.45) is 0 Å². The molecule has 2 saturated heterocycles. The predicted octanol–water partition coefficient (Wildman–Crippen LogP) is 1.11. The normalized spacial score (nSPS) is 40.3. The molecule has 4 heteroatoms. The van der Waals surface area contributed by atoms with Gasteiger partial charge in [-0.05, 0) is 14.0 Å². The minimum Gasteiger partial charge on any atom is -0.298 e. The van der Waals surface area contributed by atoms with Gasteiger partial charge in [-0.25, -0.2) is 0 Å². The summed E-state index contributed by atoms with van der Waals surface area (Å²) in [4.78, 5) is 13.6. The van der Waals surface area contributed by atoms with Gasteiger partial charge in [-0.1, -0.05) is 0 Å². The molecule has 74 valence electrons. The maximum absolute atomic E-state index is 11.3. The highest BCUT2D eigenvalue weighted by atomic mass is 32.2. The van der Waals surface area contributed by atoms with E-state index in [2.05, 4.69) is 11.9 Å². The third-order valence-corrected chi connectivity index (χ3v) is 5.75. The largest absolute Gasteiger partial charge is 0.298 e. The summed E-state index contributed by atoms with van der Waals surface area (Å²) in [5.74, 6) is 3.79. The summed E-state index contributed by atoms with van der Waals surface area (Å²) in [5.41, 5.74) is 0. The van der Waals surface area contributed by atoms with Crippen LogP contribution in [0.1, 0.15) is 6.92 Å². The molecule has 2 heterocycles. The van der Waals surface area contributed by atoms with Crippen molar-refractivity contribution in [2.45, 2.75) is 24.3 Å². The Bertz CT molecular complexity index is 222. The lowest BCUT2D eigenvalue weighted by molar-refractivity contribution is -0.121. The standard InChI is InChI=1S/C9H15NOS2/c1-6(11)7-4-13-9-5-12-3-8(9)10(7)2/h7-9H,3-5H2,1-2H3. The summed E-state index contributed by atoms with van der Waals surface area (Å²) >= 11 is 4.01. The minimum absolute atomic E-state index is 0.171. The highest BCUT2D eigenvalue weighted by Crippen LogP contribution is 2.36. The lowest BCUT2D eigenvalue weighted by Crippen LogP contribution is -2.53. The maximum Gasteiger partial charge on any atom is 0.147 e. The second-order valence-electron chi connectivity index (χ2n) is 3.77. The van der Waals surface area contributed by atoms with E-state index in [9.17, 15) is 4.79 Å². The summed E-state index contributed by atoms with van der Waals surface area (Å²) in [6, 6.07) is 0.808. The maximum atomic E-state index is 11.3.